The van der Waals surface area contributed by atoms with E-state index in [4.69, 9.17) is 9.47 Å². The molecule has 2 heterocycles. The van der Waals surface area contributed by atoms with E-state index < -0.39 is 22.0 Å². The fraction of sp³-hybridized carbons (Fsp3) is 0.524. The van der Waals surface area contributed by atoms with E-state index in [0.29, 0.717) is 24.8 Å². The Bertz CT molecular complexity index is 936. The SMILES string of the molecule is CCOC(=O)OC1=C(c2cc(C)ccc2C)C(=O)NC1CC1CCS(=O)(=O)CC1. The number of benzene rings is 1. The molecule has 1 fully saturated rings. The average Bonchev–Trinajstić information content (AvgIpc) is 2.94. The monoisotopic (exact) mass is 421 g/mol. The number of aryl methyl sites for hydroxylation is 2. The van der Waals surface area contributed by atoms with Crippen LogP contribution >= 0.6 is 0 Å². The van der Waals surface area contributed by atoms with Crippen molar-refractivity contribution in [2.75, 3.05) is 18.1 Å². The molecule has 1 N–H and O–H groups in total. The molecule has 8 heteroatoms. The lowest BCUT2D eigenvalue weighted by atomic mass is 9.92. The third-order valence-corrected chi connectivity index (χ3v) is 7.17. The van der Waals surface area contributed by atoms with E-state index >= 15 is 0 Å². The van der Waals surface area contributed by atoms with E-state index in [1.54, 1.807) is 6.92 Å². The molecule has 29 heavy (non-hydrogen) atoms. The van der Waals surface area contributed by atoms with Gasteiger partial charge in [0.1, 0.15) is 15.6 Å². The highest BCUT2D eigenvalue weighted by molar-refractivity contribution is 7.91. The zero-order valence-electron chi connectivity index (χ0n) is 17.0. The summed E-state index contributed by atoms with van der Waals surface area (Å²) in [6.45, 7) is 5.68. The van der Waals surface area contributed by atoms with Crippen LogP contribution in [0.5, 0.6) is 0 Å². The Morgan fingerprint density at radius 3 is 2.55 bits per heavy atom. The molecule has 1 aromatic carbocycles. The van der Waals surface area contributed by atoms with Crippen LogP contribution in [0.2, 0.25) is 0 Å². The third-order valence-electron chi connectivity index (χ3n) is 5.46. The van der Waals surface area contributed by atoms with Gasteiger partial charge in [-0.15, -0.1) is 0 Å². The van der Waals surface area contributed by atoms with Gasteiger partial charge in [0, 0.05) is 0 Å². The van der Waals surface area contributed by atoms with Gasteiger partial charge in [-0.3, -0.25) is 4.79 Å². The Morgan fingerprint density at radius 1 is 1.21 bits per heavy atom. The van der Waals surface area contributed by atoms with Gasteiger partial charge >= 0.3 is 6.16 Å². The van der Waals surface area contributed by atoms with Crippen LogP contribution in [0, 0.1) is 19.8 Å². The van der Waals surface area contributed by atoms with Crippen LogP contribution in [0.1, 0.15) is 42.9 Å². The second-order valence-corrected chi connectivity index (χ2v) is 10.0. The number of hydrogen-bond donors (Lipinski definition) is 1. The van der Waals surface area contributed by atoms with Gasteiger partial charge in [0.05, 0.1) is 29.7 Å². The third kappa shape index (κ3) is 4.98. The maximum atomic E-state index is 12.8. The minimum atomic E-state index is -2.97. The fourth-order valence-corrected chi connectivity index (χ4v) is 5.46. The second kappa shape index (κ2) is 8.57. The first kappa shape index (κ1) is 21.4. The smallest absolute Gasteiger partial charge is 0.434 e. The largest absolute Gasteiger partial charge is 0.513 e. The number of amides is 1. The van der Waals surface area contributed by atoms with Crippen molar-refractivity contribution in [1.29, 1.82) is 0 Å². The Labute approximate surface area is 171 Å². The first-order chi connectivity index (χ1) is 13.7. The van der Waals surface area contributed by atoms with Crippen LogP contribution in [-0.2, 0) is 24.1 Å². The predicted octanol–water partition coefficient (Wildman–Crippen LogP) is 2.90. The van der Waals surface area contributed by atoms with Crippen molar-refractivity contribution < 1.29 is 27.5 Å². The summed E-state index contributed by atoms with van der Waals surface area (Å²) >= 11 is 0. The van der Waals surface area contributed by atoms with E-state index in [1.165, 1.54) is 0 Å². The molecule has 0 bridgehead atoms. The van der Waals surface area contributed by atoms with Gasteiger partial charge in [0.2, 0.25) is 0 Å². The van der Waals surface area contributed by atoms with Crippen molar-refractivity contribution in [3.05, 3.63) is 40.6 Å². The number of rotatable bonds is 5. The number of sulfone groups is 1. The zero-order chi connectivity index (χ0) is 21.2. The molecule has 1 amide bonds. The molecule has 0 saturated carbocycles. The average molecular weight is 422 g/mol. The Balaban J connectivity index is 1.93. The van der Waals surface area contributed by atoms with E-state index in [9.17, 15) is 18.0 Å². The quantitative estimate of drug-likeness (QED) is 0.734. The number of hydrogen-bond acceptors (Lipinski definition) is 6. The molecule has 0 aliphatic carbocycles. The minimum Gasteiger partial charge on any atom is -0.434 e. The van der Waals surface area contributed by atoms with Crippen molar-refractivity contribution in [3.8, 4) is 0 Å². The molecular formula is C21H27NO6S. The molecule has 0 spiro atoms. The number of carbonyl (C=O) groups excluding carboxylic acids is 2. The summed E-state index contributed by atoms with van der Waals surface area (Å²) in [6, 6.07) is 5.28. The highest BCUT2D eigenvalue weighted by Gasteiger charge is 2.38. The van der Waals surface area contributed by atoms with Crippen LogP contribution in [0.25, 0.3) is 5.57 Å². The van der Waals surface area contributed by atoms with Gasteiger partial charge in [0.15, 0.2) is 0 Å². The molecule has 158 valence electrons. The molecule has 2 aliphatic rings. The molecule has 3 rings (SSSR count). The summed E-state index contributed by atoms with van der Waals surface area (Å²) in [5, 5.41) is 2.92. The van der Waals surface area contributed by atoms with Crippen molar-refractivity contribution in [2.24, 2.45) is 5.92 Å². The van der Waals surface area contributed by atoms with Crippen LogP contribution < -0.4 is 5.32 Å². The van der Waals surface area contributed by atoms with Crippen LogP contribution in [0.4, 0.5) is 4.79 Å². The Hall–Kier alpha value is -2.35. The fourth-order valence-electron chi connectivity index (χ4n) is 3.88. The molecular weight excluding hydrogens is 394 g/mol. The summed E-state index contributed by atoms with van der Waals surface area (Å²) in [7, 11) is -2.97. The van der Waals surface area contributed by atoms with Gasteiger partial charge in [-0.25, -0.2) is 13.2 Å². The van der Waals surface area contributed by atoms with Crippen molar-refractivity contribution >= 4 is 27.5 Å². The summed E-state index contributed by atoms with van der Waals surface area (Å²) in [6.07, 6.45) is 0.753. The molecule has 0 aromatic heterocycles. The van der Waals surface area contributed by atoms with Gasteiger partial charge in [-0.2, -0.15) is 0 Å². The van der Waals surface area contributed by atoms with E-state index in [1.807, 2.05) is 32.0 Å². The predicted molar refractivity (Wildman–Crippen MR) is 109 cm³/mol. The highest BCUT2D eigenvalue weighted by Crippen LogP contribution is 2.35. The van der Waals surface area contributed by atoms with Crippen molar-refractivity contribution in [2.45, 2.75) is 46.1 Å². The van der Waals surface area contributed by atoms with Gasteiger partial charge < -0.3 is 14.8 Å². The highest BCUT2D eigenvalue weighted by atomic mass is 32.2. The summed E-state index contributed by atoms with van der Waals surface area (Å²) in [5.74, 6) is 0.393. The van der Waals surface area contributed by atoms with E-state index in [2.05, 4.69) is 5.32 Å². The maximum absolute atomic E-state index is 12.8. The van der Waals surface area contributed by atoms with E-state index in [-0.39, 0.29) is 35.7 Å². The summed E-state index contributed by atoms with van der Waals surface area (Å²) in [4.78, 5) is 24.9. The molecule has 7 nitrogen and oxygen atoms in total. The normalized spacial score (nSPS) is 21.8. The molecule has 1 unspecified atom stereocenters. The molecule has 0 radical (unpaired) electrons. The van der Waals surface area contributed by atoms with Crippen molar-refractivity contribution in [3.63, 3.8) is 0 Å². The van der Waals surface area contributed by atoms with Crippen molar-refractivity contribution in [1.82, 2.24) is 5.32 Å². The lowest BCUT2D eigenvalue weighted by molar-refractivity contribution is -0.115. The van der Waals surface area contributed by atoms with Crippen LogP contribution in [0.3, 0.4) is 0 Å². The first-order valence-corrected chi connectivity index (χ1v) is 11.7. The Morgan fingerprint density at radius 2 is 1.90 bits per heavy atom. The van der Waals surface area contributed by atoms with Gasteiger partial charge in [-0.1, -0.05) is 23.8 Å². The number of nitrogens with one attached hydrogen (secondary N) is 1. The topological polar surface area (TPSA) is 98.8 Å². The summed E-state index contributed by atoms with van der Waals surface area (Å²) in [5.41, 5.74) is 2.95. The van der Waals surface area contributed by atoms with Crippen LogP contribution in [-0.4, -0.2) is 44.6 Å². The van der Waals surface area contributed by atoms with Crippen LogP contribution in [0.15, 0.2) is 24.0 Å². The molecule has 1 atom stereocenters. The van der Waals surface area contributed by atoms with Gasteiger partial charge in [0.25, 0.3) is 5.91 Å². The summed E-state index contributed by atoms with van der Waals surface area (Å²) < 4.78 is 33.8. The number of ether oxygens (including phenoxy) is 2. The lowest BCUT2D eigenvalue weighted by Crippen LogP contribution is -2.34. The minimum absolute atomic E-state index is 0.127. The maximum Gasteiger partial charge on any atom is 0.513 e. The molecule has 1 aromatic rings. The lowest BCUT2D eigenvalue weighted by Gasteiger charge is -2.25. The molecule has 2 aliphatic heterocycles. The first-order valence-electron chi connectivity index (χ1n) is 9.88. The standard InChI is InChI=1S/C21H27NO6S/c1-4-27-21(24)28-19-17(12-15-7-9-29(25,26)10-8-15)22-20(23)18(19)16-11-13(2)5-6-14(16)3/h5-6,11,15,17H,4,7-10,12H2,1-3H3,(H,22,23). The number of carbonyl (C=O) groups is 2. The zero-order valence-corrected chi connectivity index (χ0v) is 17.8. The van der Waals surface area contributed by atoms with Gasteiger partial charge in [-0.05, 0) is 57.1 Å². The Kier molecular flexibility index (Phi) is 6.31. The van der Waals surface area contributed by atoms with E-state index in [0.717, 1.165) is 16.7 Å². The molecule has 1 saturated heterocycles. The second-order valence-electron chi connectivity index (χ2n) is 7.70.